The normalized spacial score (nSPS) is 19.2. The molecule has 0 amide bonds. The summed E-state index contributed by atoms with van der Waals surface area (Å²) in [5.74, 6) is 0.295. The van der Waals surface area contributed by atoms with Crippen LogP contribution in [0.25, 0.3) is 16.6 Å². The lowest BCUT2D eigenvalue weighted by Gasteiger charge is -2.33. The molecule has 9 heteroatoms. The van der Waals surface area contributed by atoms with E-state index in [0.29, 0.717) is 23.6 Å². The van der Waals surface area contributed by atoms with Gasteiger partial charge >= 0.3 is 0 Å². The first-order valence-electron chi connectivity index (χ1n) is 10.8. The maximum atomic E-state index is 9.80. The summed E-state index contributed by atoms with van der Waals surface area (Å²) >= 11 is 0. The maximum absolute atomic E-state index is 9.80. The predicted molar refractivity (Wildman–Crippen MR) is 122 cm³/mol. The molecule has 2 atom stereocenters. The lowest BCUT2D eigenvalue weighted by Crippen LogP contribution is -2.44. The van der Waals surface area contributed by atoms with Crippen LogP contribution >= 0.6 is 0 Å². The van der Waals surface area contributed by atoms with E-state index in [2.05, 4.69) is 50.1 Å². The Balaban J connectivity index is 1.35. The van der Waals surface area contributed by atoms with Crippen molar-refractivity contribution in [1.82, 2.24) is 25.0 Å². The van der Waals surface area contributed by atoms with Gasteiger partial charge in [0.15, 0.2) is 6.19 Å². The molecule has 0 spiro atoms. The standard InChI is InChI=1S/C24H21N9/c1-16(18-6-8-31(11-18)22-4-2-3-17(9-25)21(22)10-26)33-13-19(12-32(33)14-27)23-20-5-7-28-24(20)30-15-29-23/h2-5,7,12,15-16,18H,6,8,11,13H2,1H3,(H,28,29,30). The van der Waals surface area contributed by atoms with Gasteiger partial charge in [-0.1, -0.05) is 6.07 Å². The van der Waals surface area contributed by atoms with Crippen LogP contribution in [0.4, 0.5) is 5.69 Å². The van der Waals surface area contributed by atoms with E-state index >= 15 is 0 Å². The Kier molecular flexibility index (Phi) is 5.14. The summed E-state index contributed by atoms with van der Waals surface area (Å²) in [7, 11) is 0. The molecular weight excluding hydrogens is 414 g/mol. The van der Waals surface area contributed by atoms with Crippen molar-refractivity contribution in [3.63, 3.8) is 0 Å². The summed E-state index contributed by atoms with van der Waals surface area (Å²) in [6.07, 6.45) is 8.43. The summed E-state index contributed by atoms with van der Waals surface area (Å²) < 4.78 is 0. The highest BCUT2D eigenvalue weighted by Crippen LogP contribution is 2.34. The summed E-state index contributed by atoms with van der Waals surface area (Å²) in [4.78, 5) is 14.0. The Morgan fingerprint density at radius 2 is 2.03 bits per heavy atom. The first-order chi connectivity index (χ1) is 16.1. The zero-order valence-electron chi connectivity index (χ0n) is 18.1. The van der Waals surface area contributed by atoms with Crippen LogP contribution in [0.2, 0.25) is 0 Å². The van der Waals surface area contributed by atoms with Crippen molar-refractivity contribution in [3.05, 3.63) is 59.8 Å². The average molecular weight is 435 g/mol. The molecule has 2 aliphatic heterocycles. The number of hydrogen-bond donors (Lipinski definition) is 1. The van der Waals surface area contributed by atoms with Crippen molar-refractivity contribution in [2.45, 2.75) is 19.4 Å². The van der Waals surface area contributed by atoms with Gasteiger partial charge in [-0.05, 0) is 37.5 Å². The van der Waals surface area contributed by atoms with Gasteiger partial charge in [0.1, 0.15) is 24.1 Å². The Morgan fingerprint density at radius 1 is 1.15 bits per heavy atom. The third-order valence-electron chi connectivity index (χ3n) is 6.64. The second-order valence-electron chi connectivity index (χ2n) is 8.32. The molecule has 1 fully saturated rings. The van der Waals surface area contributed by atoms with Crippen LogP contribution in [0.3, 0.4) is 0 Å². The number of nitrogens with one attached hydrogen (secondary N) is 1. The van der Waals surface area contributed by atoms with Gasteiger partial charge in [-0.15, -0.1) is 0 Å². The summed E-state index contributed by atoms with van der Waals surface area (Å²) in [6.45, 7) is 4.27. The fourth-order valence-corrected chi connectivity index (χ4v) is 4.86. The topological polar surface area (TPSA) is 123 Å². The van der Waals surface area contributed by atoms with Crippen LogP contribution < -0.4 is 4.90 Å². The number of aromatic amines is 1. The first kappa shape index (κ1) is 20.5. The van der Waals surface area contributed by atoms with Crippen LogP contribution in [-0.2, 0) is 0 Å². The van der Waals surface area contributed by atoms with E-state index in [-0.39, 0.29) is 6.04 Å². The maximum Gasteiger partial charge on any atom is 0.199 e. The Morgan fingerprint density at radius 3 is 2.82 bits per heavy atom. The Bertz CT molecular complexity index is 1370. The van der Waals surface area contributed by atoms with Crippen molar-refractivity contribution in [3.8, 4) is 18.3 Å². The molecule has 0 bridgehead atoms. The lowest BCUT2D eigenvalue weighted by molar-refractivity contribution is 0.0396. The summed E-state index contributed by atoms with van der Waals surface area (Å²) in [5, 5.41) is 33.4. The van der Waals surface area contributed by atoms with Crippen LogP contribution in [0.15, 0.2) is 43.0 Å². The number of hydrazine groups is 1. The van der Waals surface area contributed by atoms with Crippen molar-refractivity contribution < 1.29 is 0 Å². The fourth-order valence-electron chi connectivity index (χ4n) is 4.86. The number of fused-ring (bicyclic) bond motifs is 1. The molecule has 5 rings (SSSR count). The molecule has 1 N–H and O–H groups in total. The molecule has 1 saturated heterocycles. The quantitative estimate of drug-likeness (QED) is 0.621. The van der Waals surface area contributed by atoms with Gasteiger partial charge in [-0.2, -0.15) is 15.8 Å². The van der Waals surface area contributed by atoms with Gasteiger partial charge < -0.3 is 9.88 Å². The molecule has 0 aliphatic carbocycles. The van der Waals surface area contributed by atoms with Crippen molar-refractivity contribution in [2.24, 2.45) is 5.92 Å². The monoisotopic (exact) mass is 435 g/mol. The third kappa shape index (κ3) is 3.43. The largest absolute Gasteiger partial charge is 0.370 e. The smallest absolute Gasteiger partial charge is 0.199 e. The van der Waals surface area contributed by atoms with Gasteiger partial charge in [0.05, 0.1) is 22.5 Å². The fraction of sp³-hybridized carbons (Fsp3) is 0.292. The molecule has 1 aromatic carbocycles. The van der Waals surface area contributed by atoms with E-state index in [0.717, 1.165) is 47.5 Å². The second kappa shape index (κ2) is 8.27. The second-order valence-corrected chi connectivity index (χ2v) is 8.32. The molecule has 9 nitrogen and oxygen atoms in total. The Hall–Kier alpha value is -4.39. The van der Waals surface area contributed by atoms with E-state index < -0.39 is 0 Å². The van der Waals surface area contributed by atoms with Gasteiger partial charge in [-0.3, -0.25) is 0 Å². The number of nitriles is 3. The van der Waals surface area contributed by atoms with Crippen LogP contribution in [0.1, 0.15) is 30.2 Å². The number of anilines is 1. The van der Waals surface area contributed by atoms with Crippen LogP contribution in [0.5, 0.6) is 0 Å². The number of nitrogens with zero attached hydrogens (tertiary/aromatic N) is 8. The third-order valence-corrected chi connectivity index (χ3v) is 6.64. The van der Waals surface area contributed by atoms with Crippen LogP contribution in [-0.4, -0.2) is 50.6 Å². The molecule has 3 aromatic rings. The molecule has 4 heterocycles. The van der Waals surface area contributed by atoms with Crippen LogP contribution in [0, 0.1) is 40.0 Å². The SMILES string of the molecule is CC(C1CCN(c2cccc(C#N)c2C#N)C1)N1CC(c2ncnc3[nH]ccc23)=CN1C#N. The molecule has 2 unspecified atom stereocenters. The molecular formula is C24H21N9. The highest BCUT2D eigenvalue weighted by molar-refractivity contribution is 5.88. The average Bonchev–Trinajstić information content (AvgIpc) is 3.61. The van der Waals surface area contributed by atoms with Gasteiger partial charge in [0, 0.05) is 49.0 Å². The highest BCUT2D eigenvalue weighted by Gasteiger charge is 2.36. The zero-order chi connectivity index (χ0) is 22.9. The van der Waals surface area contributed by atoms with Gasteiger partial charge in [-0.25, -0.2) is 20.0 Å². The molecule has 0 radical (unpaired) electrons. The highest BCUT2D eigenvalue weighted by atomic mass is 15.6. The Labute approximate surface area is 191 Å². The lowest BCUT2D eigenvalue weighted by atomic mass is 9.99. The number of rotatable bonds is 4. The first-order valence-corrected chi connectivity index (χ1v) is 10.8. The van der Waals surface area contributed by atoms with E-state index in [4.69, 9.17) is 0 Å². The van der Waals surface area contributed by atoms with Crippen molar-refractivity contribution in [1.29, 1.82) is 15.8 Å². The van der Waals surface area contributed by atoms with E-state index in [1.165, 1.54) is 6.33 Å². The van der Waals surface area contributed by atoms with E-state index in [1.807, 2.05) is 30.6 Å². The number of hydrogen-bond acceptors (Lipinski definition) is 8. The minimum absolute atomic E-state index is 0.0941. The molecule has 0 saturated carbocycles. The van der Waals surface area contributed by atoms with Crippen molar-refractivity contribution >= 4 is 22.3 Å². The minimum Gasteiger partial charge on any atom is -0.370 e. The minimum atomic E-state index is 0.0941. The number of H-pyrrole nitrogens is 1. The predicted octanol–water partition coefficient (Wildman–Crippen LogP) is 2.97. The van der Waals surface area contributed by atoms with E-state index in [1.54, 1.807) is 11.1 Å². The molecule has 162 valence electrons. The molecule has 33 heavy (non-hydrogen) atoms. The summed E-state index contributed by atoms with van der Waals surface area (Å²) in [5.41, 5.74) is 4.21. The van der Waals surface area contributed by atoms with Gasteiger partial charge in [0.25, 0.3) is 0 Å². The van der Waals surface area contributed by atoms with Crippen molar-refractivity contribution in [2.75, 3.05) is 24.5 Å². The van der Waals surface area contributed by atoms with Gasteiger partial charge in [0.2, 0.25) is 0 Å². The summed E-state index contributed by atoms with van der Waals surface area (Å²) in [6, 6.07) is 11.8. The number of aromatic nitrogens is 3. The van der Waals surface area contributed by atoms with E-state index in [9.17, 15) is 15.8 Å². The molecule has 2 aromatic heterocycles. The zero-order valence-corrected chi connectivity index (χ0v) is 18.1. The number of benzene rings is 1. The molecule has 2 aliphatic rings.